The molecule has 2 atom stereocenters. The molecule has 0 fully saturated rings. The maximum atomic E-state index is 11.7. The van der Waals surface area contributed by atoms with E-state index < -0.39 is 0 Å². The van der Waals surface area contributed by atoms with Gasteiger partial charge < -0.3 is 19.9 Å². The molecule has 3 rings (SSSR count). The molecule has 0 saturated carbocycles. The van der Waals surface area contributed by atoms with Crippen LogP contribution in [-0.2, 0) is 4.74 Å². The van der Waals surface area contributed by atoms with E-state index in [1.54, 1.807) is 19.2 Å². The molecule has 1 aliphatic heterocycles. The van der Waals surface area contributed by atoms with Crippen molar-refractivity contribution in [3.8, 4) is 11.5 Å². The number of hydrogen-bond acceptors (Lipinski definition) is 5. The molecule has 1 heterocycles. The van der Waals surface area contributed by atoms with E-state index in [9.17, 15) is 4.79 Å². The third kappa shape index (κ3) is 3.00. The van der Waals surface area contributed by atoms with E-state index in [4.69, 9.17) is 19.9 Å². The van der Waals surface area contributed by atoms with E-state index in [1.165, 1.54) is 7.11 Å². The van der Waals surface area contributed by atoms with Crippen molar-refractivity contribution in [3.63, 3.8) is 0 Å². The molecule has 0 spiro atoms. The van der Waals surface area contributed by atoms with Crippen molar-refractivity contribution in [1.29, 1.82) is 0 Å². The molecular formula is C18H19NO4. The van der Waals surface area contributed by atoms with E-state index in [0.29, 0.717) is 12.0 Å². The van der Waals surface area contributed by atoms with Gasteiger partial charge in [-0.2, -0.15) is 0 Å². The van der Waals surface area contributed by atoms with Crippen molar-refractivity contribution in [2.45, 2.75) is 18.6 Å². The van der Waals surface area contributed by atoms with Gasteiger partial charge in [0, 0.05) is 24.1 Å². The van der Waals surface area contributed by atoms with Gasteiger partial charge in [0.2, 0.25) is 0 Å². The van der Waals surface area contributed by atoms with Gasteiger partial charge in [0.25, 0.3) is 0 Å². The highest BCUT2D eigenvalue weighted by atomic mass is 16.5. The van der Waals surface area contributed by atoms with Crippen LogP contribution in [0.3, 0.4) is 0 Å². The second kappa shape index (κ2) is 6.30. The molecule has 2 aromatic rings. The first-order valence-corrected chi connectivity index (χ1v) is 7.41. The van der Waals surface area contributed by atoms with Crippen molar-refractivity contribution in [1.82, 2.24) is 0 Å². The number of benzene rings is 2. The predicted octanol–water partition coefficient (Wildman–Crippen LogP) is 3.01. The van der Waals surface area contributed by atoms with E-state index in [2.05, 4.69) is 0 Å². The average molecular weight is 313 g/mol. The minimum absolute atomic E-state index is 0.128. The van der Waals surface area contributed by atoms with Crippen LogP contribution in [0.5, 0.6) is 11.5 Å². The lowest BCUT2D eigenvalue weighted by Crippen LogP contribution is -2.24. The van der Waals surface area contributed by atoms with Crippen LogP contribution in [-0.4, -0.2) is 20.2 Å². The second-order valence-corrected chi connectivity index (χ2v) is 5.47. The summed E-state index contributed by atoms with van der Waals surface area (Å²) in [7, 11) is 2.98. The summed E-state index contributed by atoms with van der Waals surface area (Å²) >= 11 is 0. The van der Waals surface area contributed by atoms with Gasteiger partial charge in [0.15, 0.2) is 0 Å². The van der Waals surface area contributed by atoms with Crippen LogP contribution in [0.1, 0.15) is 40.1 Å². The topological polar surface area (TPSA) is 70.8 Å². The Morgan fingerprint density at radius 1 is 1.22 bits per heavy atom. The first-order valence-electron chi connectivity index (χ1n) is 7.41. The SMILES string of the molecule is COC(=O)c1cccc([C@H]2CC(N)c3ccc(OC)cc3O2)c1. The summed E-state index contributed by atoms with van der Waals surface area (Å²) in [6.45, 7) is 0. The Bertz CT molecular complexity index is 729. The minimum Gasteiger partial charge on any atom is -0.497 e. The zero-order valence-electron chi connectivity index (χ0n) is 13.1. The lowest BCUT2D eigenvalue weighted by molar-refractivity contribution is 0.0600. The summed E-state index contributed by atoms with van der Waals surface area (Å²) in [5.41, 5.74) is 8.64. The van der Waals surface area contributed by atoms with Crippen LogP contribution in [0.4, 0.5) is 0 Å². The van der Waals surface area contributed by atoms with Gasteiger partial charge in [-0.15, -0.1) is 0 Å². The number of carbonyl (C=O) groups excluding carboxylic acids is 1. The number of fused-ring (bicyclic) bond motifs is 1. The van der Waals surface area contributed by atoms with Crippen molar-refractivity contribution >= 4 is 5.97 Å². The molecule has 0 bridgehead atoms. The van der Waals surface area contributed by atoms with Crippen LogP contribution >= 0.6 is 0 Å². The van der Waals surface area contributed by atoms with Gasteiger partial charge in [-0.05, 0) is 23.8 Å². The van der Waals surface area contributed by atoms with E-state index in [1.807, 2.05) is 30.3 Å². The summed E-state index contributed by atoms with van der Waals surface area (Å²) in [6.07, 6.45) is 0.429. The zero-order chi connectivity index (χ0) is 16.4. The minimum atomic E-state index is -0.367. The zero-order valence-corrected chi connectivity index (χ0v) is 13.1. The third-order valence-electron chi connectivity index (χ3n) is 4.04. The fourth-order valence-electron chi connectivity index (χ4n) is 2.80. The van der Waals surface area contributed by atoms with Crippen LogP contribution in [0.15, 0.2) is 42.5 Å². The van der Waals surface area contributed by atoms with Gasteiger partial charge in [-0.25, -0.2) is 4.79 Å². The number of rotatable bonds is 3. The Balaban J connectivity index is 1.92. The molecule has 0 saturated heterocycles. The van der Waals surface area contributed by atoms with Crippen LogP contribution in [0, 0.1) is 0 Å². The molecule has 5 nitrogen and oxygen atoms in total. The summed E-state index contributed by atoms with van der Waals surface area (Å²) < 4.78 is 16.1. The normalized spacial score (nSPS) is 19.4. The molecule has 1 unspecified atom stereocenters. The molecule has 120 valence electrons. The second-order valence-electron chi connectivity index (χ2n) is 5.47. The molecular weight excluding hydrogens is 294 g/mol. The number of carbonyl (C=O) groups is 1. The largest absolute Gasteiger partial charge is 0.497 e. The third-order valence-corrected chi connectivity index (χ3v) is 4.04. The Morgan fingerprint density at radius 2 is 2.04 bits per heavy atom. The highest BCUT2D eigenvalue weighted by Gasteiger charge is 2.28. The molecule has 2 N–H and O–H groups in total. The first-order chi connectivity index (χ1) is 11.1. The van der Waals surface area contributed by atoms with Crippen LogP contribution in [0.25, 0.3) is 0 Å². The fourth-order valence-corrected chi connectivity index (χ4v) is 2.80. The number of methoxy groups -OCH3 is 2. The van der Waals surface area contributed by atoms with Crippen molar-refractivity contribution < 1.29 is 19.0 Å². The van der Waals surface area contributed by atoms with Gasteiger partial charge >= 0.3 is 5.97 Å². The summed E-state index contributed by atoms with van der Waals surface area (Å²) in [6, 6.07) is 12.8. The van der Waals surface area contributed by atoms with Crippen molar-refractivity contribution in [2.75, 3.05) is 14.2 Å². The molecule has 1 aliphatic rings. The number of ether oxygens (including phenoxy) is 3. The molecule has 0 aliphatic carbocycles. The maximum absolute atomic E-state index is 11.7. The quantitative estimate of drug-likeness (QED) is 0.882. The molecule has 23 heavy (non-hydrogen) atoms. The van der Waals surface area contributed by atoms with Crippen LogP contribution in [0.2, 0.25) is 0 Å². The summed E-state index contributed by atoms with van der Waals surface area (Å²) in [4.78, 5) is 11.7. The van der Waals surface area contributed by atoms with Crippen LogP contribution < -0.4 is 15.2 Å². The number of hydrogen-bond donors (Lipinski definition) is 1. The van der Waals surface area contributed by atoms with Gasteiger partial charge in [0.1, 0.15) is 17.6 Å². The van der Waals surface area contributed by atoms with Gasteiger partial charge in [0.05, 0.1) is 19.8 Å². The first kappa shape index (κ1) is 15.4. The highest BCUT2D eigenvalue weighted by Crippen LogP contribution is 2.41. The molecule has 2 aromatic carbocycles. The summed E-state index contributed by atoms with van der Waals surface area (Å²) in [5, 5.41) is 0. The highest BCUT2D eigenvalue weighted by molar-refractivity contribution is 5.89. The Morgan fingerprint density at radius 3 is 2.78 bits per heavy atom. The van der Waals surface area contributed by atoms with E-state index in [-0.39, 0.29) is 18.1 Å². The smallest absolute Gasteiger partial charge is 0.337 e. The molecule has 0 amide bonds. The molecule has 0 radical (unpaired) electrons. The monoisotopic (exact) mass is 313 g/mol. The maximum Gasteiger partial charge on any atom is 0.337 e. The number of esters is 1. The lowest BCUT2D eigenvalue weighted by atomic mass is 9.93. The Hall–Kier alpha value is -2.53. The van der Waals surface area contributed by atoms with Gasteiger partial charge in [-0.1, -0.05) is 18.2 Å². The standard InChI is InChI=1S/C18H19NO4/c1-21-13-6-7-14-15(19)10-16(23-17(14)9-13)11-4-3-5-12(8-11)18(20)22-2/h3-9,15-16H,10,19H2,1-2H3/t15?,16-/m1/s1. The Labute approximate surface area is 135 Å². The van der Waals surface area contributed by atoms with Crippen molar-refractivity contribution in [2.24, 2.45) is 5.73 Å². The average Bonchev–Trinajstić information content (AvgIpc) is 2.60. The summed E-state index contributed by atoms with van der Waals surface area (Å²) in [5.74, 6) is 1.07. The Kier molecular flexibility index (Phi) is 4.21. The molecule has 5 heteroatoms. The fraction of sp³-hybridized carbons (Fsp3) is 0.278. The lowest BCUT2D eigenvalue weighted by Gasteiger charge is -2.31. The van der Waals surface area contributed by atoms with E-state index in [0.717, 1.165) is 22.6 Å². The van der Waals surface area contributed by atoms with E-state index >= 15 is 0 Å². The predicted molar refractivity (Wildman–Crippen MR) is 85.7 cm³/mol. The van der Waals surface area contributed by atoms with Gasteiger partial charge in [-0.3, -0.25) is 0 Å². The van der Waals surface area contributed by atoms with Crippen molar-refractivity contribution in [3.05, 3.63) is 59.2 Å². The molecule has 0 aromatic heterocycles. The number of nitrogens with two attached hydrogens (primary N) is 1.